The standard InChI is InChI=1S/C7H8N2OS/c1-5-4-11-7-2-8-6(3-10)9(5)7/h2,4,10H,3H2,1H3. The van der Waals surface area contributed by atoms with E-state index in [2.05, 4.69) is 10.4 Å². The van der Waals surface area contributed by atoms with Crippen LogP contribution >= 0.6 is 11.3 Å². The van der Waals surface area contributed by atoms with Gasteiger partial charge in [-0.25, -0.2) is 4.98 Å². The zero-order chi connectivity index (χ0) is 7.84. The average Bonchev–Trinajstić information content (AvgIpc) is 2.54. The Kier molecular flexibility index (Phi) is 1.44. The summed E-state index contributed by atoms with van der Waals surface area (Å²) in [4.78, 5) is 5.15. The first-order valence-corrected chi connectivity index (χ1v) is 4.22. The number of aliphatic hydroxyl groups is 1. The summed E-state index contributed by atoms with van der Waals surface area (Å²) >= 11 is 1.64. The average molecular weight is 168 g/mol. The second-order valence-electron chi connectivity index (χ2n) is 2.38. The minimum Gasteiger partial charge on any atom is -0.388 e. The summed E-state index contributed by atoms with van der Waals surface area (Å²) in [5.74, 6) is 0.721. The maximum absolute atomic E-state index is 8.89. The molecule has 11 heavy (non-hydrogen) atoms. The highest BCUT2D eigenvalue weighted by Gasteiger charge is 2.04. The lowest BCUT2D eigenvalue weighted by atomic mass is 10.5. The molecule has 2 rings (SSSR count). The van der Waals surface area contributed by atoms with E-state index < -0.39 is 0 Å². The van der Waals surface area contributed by atoms with Crippen LogP contribution in [0.4, 0.5) is 0 Å². The van der Waals surface area contributed by atoms with Crippen LogP contribution < -0.4 is 0 Å². The van der Waals surface area contributed by atoms with Crippen molar-refractivity contribution < 1.29 is 5.11 Å². The van der Waals surface area contributed by atoms with Crippen molar-refractivity contribution in [3.8, 4) is 0 Å². The quantitative estimate of drug-likeness (QED) is 0.694. The Balaban J connectivity index is 2.80. The van der Waals surface area contributed by atoms with Crippen molar-refractivity contribution in [2.24, 2.45) is 0 Å². The molecule has 0 saturated carbocycles. The van der Waals surface area contributed by atoms with Crippen LogP contribution in [0.25, 0.3) is 4.83 Å². The van der Waals surface area contributed by atoms with E-state index in [-0.39, 0.29) is 6.61 Å². The molecule has 4 heteroatoms. The molecule has 0 amide bonds. The second-order valence-corrected chi connectivity index (χ2v) is 3.27. The smallest absolute Gasteiger partial charge is 0.139 e. The maximum Gasteiger partial charge on any atom is 0.139 e. The number of nitrogens with zero attached hydrogens (tertiary/aromatic N) is 2. The molecule has 0 aromatic carbocycles. The molecule has 0 aliphatic heterocycles. The number of rotatable bonds is 1. The van der Waals surface area contributed by atoms with Crippen molar-refractivity contribution in [3.63, 3.8) is 0 Å². The van der Waals surface area contributed by atoms with Gasteiger partial charge in [0.25, 0.3) is 0 Å². The van der Waals surface area contributed by atoms with Crippen molar-refractivity contribution in [2.75, 3.05) is 0 Å². The number of thiazole rings is 1. The van der Waals surface area contributed by atoms with Crippen LogP contribution in [0, 0.1) is 6.92 Å². The zero-order valence-electron chi connectivity index (χ0n) is 6.11. The van der Waals surface area contributed by atoms with E-state index >= 15 is 0 Å². The molecule has 2 heterocycles. The summed E-state index contributed by atoms with van der Waals surface area (Å²) in [5.41, 5.74) is 1.13. The normalized spacial score (nSPS) is 11.1. The number of aromatic nitrogens is 2. The molecule has 0 bridgehead atoms. The van der Waals surface area contributed by atoms with Gasteiger partial charge in [-0.15, -0.1) is 11.3 Å². The van der Waals surface area contributed by atoms with Gasteiger partial charge >= 0.3 is 0 Å². The summed E-state index contributed by atoms with van der Waals surface area (Å²) in [7, 11) is 0. The Labute approximate surface area is 67.9 Å². The minimum atomic E-state index is 0.00569. The molecule has 0 fully saturated rings. The highest BCUT2D eigenvalue weighted by molar-refractivity contribution is 7.15. The first-order valence-electron chi connectivity index (χ1n) is 3.34. The number of aliphatic hydroxyl groups excluding tert-OH is 1. The summed E-state index contributed by atoms with van der Waals surface area (Å²) < 4.78 is 1.96. The number of hydrogen-bond donors (Lipinski definition) is 1. The third-order valence-electron chi connectivity index (χ3n) is 1.65. The highest BCUT2D eigenvalue weighted by atomic mass is 32.1. The highest BCUT2D eigenvalue weighted by Crippen LogP contribution is 2.17. The fraction of sp³-hybridized carbons (Fsp3) is 0.286. The van der Waals surface area contributed by atoms with Gasteiger partial charge in [-0.1, -0.05) is 0 Å². The van der Waals surface area contributed by atoms with Crippen molar-refractivity contribution in [3.05, 3.63) is 23.1 Å². The zero-order valence-corrected chi connectivity index (χ0v) is 6.93. The summed E-state index contributed by atoms with van der Waals surface area (Å²) in [5, 5.41) is 10.9. The molecular weight excluding hydrogens is 160 g/mol. The van der Waals surface area contributed by atoms with Crippen molar-refractivity contribution in [2.45, 2.75) is 13.5 Å². The first-order chi connectivity index (χ1) is 5.33. The van der Waals surface area contributed by atoms with Gasteiger partial charge in [0.2, 0.25) is 0 Å². The molecule has 2 aromatic rings. The third kappa shape index (κ3) is 0.868. The van der Waals surface area contributed by atoms with Crippen LogP contribution in [0.1, 0.15) is 11.5 Å². The van der Waals surface area contributed by atoms with E-state index in [4.69, 9.17) is 5.11 Å². The molecule has 0 spiro atoms. The maximum atomic E-state index is 8.89. The minimum absolute atomic E-state index is 0.00569. The molecule has 1 N–H and O–H groups in total. The molecular formula is C7H8N2OS. The monoisotopic (exact) mass is 168 g/mol. The summed E-state index contributed by atoms with van der Waals surface area (Å²) in [6.07, 6.45) is 1.78. The van der Waals surface area contributed by atoms with Gasteiger partial charge in [0.1, 0.15) is 17.3 Å². The number of imidazole rings is 1. The molecule has 0 aliphatic rings. The molecule has 0 radical (unpaired) electrons. The lowest BCUT2D eigenvalue weighted by molar-refractivity contribution is 0.270. The first kappa shape index (κ1) is 6.82. The Morgan fingerprint density at radius 2 is 2.55 bits per heavy atom. The van der Waals surface area contributed by atoms with E-state index in [9.17, 15) is 0 Å². The van der Waals surface area contributed by atoms with Crippen LogP contribution in [0.2, 0.25) is 0 Å². The second kappa shape index (κ2) is 2.32. The van der Waals surface area contributed by atoms with Crippen LogP contribution in [-0.2, 0) is 6.61 Å². The predicted octanol–water partition coefficient (Wildman–Crippen LogP) is 1.20. The van der Waals surface area contributed by atoms with Gasteiger partial charge in [0.05, 0.1) is 6.20 Å². The van der Waals surface area contributed by atoms with E-state index in [0.29, 0.717) is 0 Å². The lowest BCUT2D eigenvalue weighted by Crippen LogP contribution is -1.93. The van der Waals surface area contributed by atoms with Gasteiger partial charge in [0, 0.05) is 11.1 Å². The largest absolute Gasteiger partial charge is 0.388 e. The number of fused-ring (bicyclic) bond motifs is 1. The van der Waals surface area contributed by atoms with E-state index in [1.54, 1.807) is 17.5 Å². The molecule has 0 aliphatic carbocycles. The fourth-order valence-corrected chi connectivity index (χ4v) is 2.01. The SMILES string of the molecule is Cc1csc2cnc(CO)n12. The Hall–Kier alpha value is -0.870. The lowest BCUT2D eigenvalue weighted by Gasteiger charge is -1.93. The van der Waals surface area contributed by atoms with Crippen LogP contribution in [0.5, 0.6) is 0 Å². The van der Waals surface area contributed by atoms with Gasteiger partial charge in [-0.05, 0) is 6.92 Å². The van der Waals surface area contributed by atoms with Crippen molar-refractivity contribution in [1.82, 2.24) is 9.38 Å². The van der Waals surface area contributed by atoms with Gasteiger partial charge in [-0.2, -0.15) is 0 Å². The van der Waals surface area contributed by atoms with Crippen molar-refractivity contribution in [1.29, 1.82) is 0 Å². The van der Waals surface area contributed by atoms with Gasteiger partial charge in [0.15, 0.2) is 0 Å². The van der Waals surface area contributed by atoms with Crippen LogP contribution in [-0.4, -0.2) is 14.5 Å². The summed E-state index contributed by atoms with van der Waals surface area (Å²) in [6, 6.07) is 0. The molecule has 0 atom stereocenters. The van der Waals surface area contributed by atoms with E-state index in [1.165, 1.54) is 0 Å². The Bertz CT molecular complexity index is 377. The molecule has 58 valence electrons. The third-order valence-corrected chi connectivity index (χ3v) is 2.64. The van der Waals surface area contributed by atoms with Gasteiger partial charge < -0.3 is 5.11 Å². The number of hydrogen-bond acceptors (Lipinski definition) is 3. The predicted molar refractivity (Wildman–Crippen MR) is 43.7 cm³/mol. The summed E-state index contributed by atoms with van der Waals surface area (Å²) in [6.45, 7) is 2.01. The van der Waals surface area contributed by atoms with E-state index in [0.717, 1.165) is 16.3 Å². The van der Waals surface area contributed by atoms with E-state index in [1.807, 2.05) is 11.3 Å². The molecule has 3 nitrogen and oxygen atoms in total. The van der Waals surface area contributed by atoms with Crippen molar-refractivity contribution >= 4 is 16.2 Å². The fourth-order valence-electron chi connectivity index (χ4n) is 1.14. The molecule has 2 aromatic heterocycles. The molecule has 0 saturated heterocycles. The van der Waals surface area contributed by atoms with Gasteiger partial charge in [-0.3, -0.25) is 4.40 Å². The Morgan fingerprint density at radius 1 is 1.73 bits per heavy atom. The number of aryl methyl sites for hydroxylation is 1. The topological polar surface area (TPSA) is 37.5 Å². The Morgan fingerprint density at radius 3 is 3.27 bits per heavy atom. The molecule has 0 unspecified atom stereocenters. The van der Waals surface area contributed by atoms with Crippen LogP contribution in [0.15, 0.2) is 11.6 Å². The van der Waals surface area contributed by atoms with Crippen LogP contribution in [0.3, 0.4) is 0 Å².